The second-order valence-electron chi connectivity index (χ2n) is 6.29. The van der Waals surface area contributed by atoms with Gasteiger partial charge in [-0.2, -0.15) is 5.26 Å². The molecule has 1 aromatic carbocycles. The van der Waals surface area contributed by atoms with Crippen molar-refractivity contribution in [2.45, 2.75) is 12.5 Å². The first-order valence-electron chi connectivity index (χ1n) is 8.06. The maximum absolute atomic E-state index is 9.07. The van der Waals surface area contributed by atoms with E-state index in [1.54, 1.807) is 6.33 Å². The lowest BCUT2D eigenvalue weighted by Crippen LogP contribution is -2.35. The van der Waals surface area contributed by atoms with E-state index in [0.29, 0.717) is 11.6 Å². The monoisotopic (exact) mass is 322 g/mol. The van der Waals surface area contributed by atoms with Crippen LogP contribution < -0.4 is 14.7 Å². The minimum Gasteiger partial charge on any atom is -0.369 e. The number of benzene rings is 1. The van der Waals surface area contributed by atoms with Gasteiger partial charge in [0.05, 0.1) is 11.6 Å². The Morgan fingerprint density at radius 1 is 1.17 bits per heavy atom. The molecule has 0 N–H and O–H groups in total. The van der Waals surface area contributed by atoms with E-state index in [0.717, 1.165) is 36.8 Å². The molecule has 0 bridgehead atoms. The highest BCUT2D eigenvalue weighted by Crippen LogP contribution is 2.26. The minimum atomic E-state index is 0.389. The quantitative estimate of drug-likeness (QED) is 0.859. The van der Waals surface area contributed by atoms with Crippen LogP contribution in [-0.2, 0) is 0 Å². The van der Waals surface area contributed by atoms with Gasteiger partial charge < -0.3 is 14.7 Å². The molecule has 1 aliphatic rings. The zero-order chi connectivity index (χ0) is 17.1. The third-order valence-electron chi connectivity index (χ3n) is 4.51. The summed E-state index contributed by atoms with van der Waals surface area (Å²) >= 11 is 0. The van der Waals surface area contributed by atoms with Gasteiger partial charge in [0.2, 0.25) is 0 Å². The summed E-state index contributed by atoms with van der Waals surface area (Å²) in [4.78, 5) is 15.2. The van der Waals surface area contributed by atoms with Crippen molar-refractivity contribution in [3.8, 4) is 6.07 Å². The smallest absolute Gasteiger partial charge is 0.134 e. The fourth-order valence-electron chi connectivity index (χ4n) is 3.03. The number of nitriles is 1. The van der Waals surface area contributed by atoms with Crippen molar-refractivity contribution in [2.75, 3.05) is 48.9 Å². The summed E-state index contributed by atoms with van der Waals surface area (Å²) in [6, 6.07) is 12.4. The Labute approximate surface area is 143 Å². The number of hydrogen-bond donors (Lipinski definition) is 0. The molecular formula is C18H22N6. The van der Waals surface area contributed by atoms with Gasteiger partial charge >= 0.3 is 0 Å². The Balaban J connectivity index is 1.73. The molecule has 124 valence electrons. The Morgan fingerprint density at radius 2 is 1.96 bits per heavy atom. The summed E-state index contributed by atoms with van der Waals surface area (Å²) < 4.78 is 0. The van der Waals surface area contributed by atoms with Gasteiger partial charge in [0.15, 0.2) is 0 Å². The van der Waals surface area contributed by atoms with Gasteiger partial charge in [-0.25, -0.2) is 9.97 Å². The van der Waals surface area contributed by atoms with Gasteiger partial charge in [-0.3, -0.25) is 0 Å². The zero-order valence-corrected chi connectivity index (χ0v) is 14.3. The second kappa shape index (κ2) is 6.75. The number of likely N-dealkylation sites (N-methyl/N-ethyl adjacent to an activating group) is 1. The van der Waals surface area contributed by atoms with Crippen molar-refractivity contribution in [2.24, 2.45) is 0 Å². The van der Waals surface area contributed by atoms with Gasteiger partial charge in [-0.15, -0.1) is 0 Å². The molecule has 0 amide bonds. The number of nitrogens with zero attached hydrogens (tertiary/aromatic N) is 6. The van der Waals surface area contributed by atoms with Gasteiger partial charge in [-0.05, 0) is 24.6 Å². The van der Waals surface area contributed by atoms with E-state index >= 15 is 0 Å². The highest BCUT2D eigenvalue weighted by molar-refractivity contribution is 5.54. The normalized spacial score (nSPS) is 16.8. The summed E-state index contributed by atoms with van der Waals surface area (Å²) in [5.74, 6) is 1.84. The molecule has 1 aromatic heterocycles. The largest absolute Gasteiger partial charge is 0.369 e. The Kier molecular flexibility index (Phi) is 4.52. The SMILES string of the molecule is CN(C)c1cc(N(C)C2CCN(c3cccc(C#N)c3)C2)ncn1. The van der Waals surface area contributed by atoms with Crippen LogP contribution >= 0.6 is 0 Å². The van der Waals surface area contributed by atoms with Crippen LogP contribution in [0.25, 0.3) is 0 Å². The van der Waals surface area contributed by atoms with Gasteiger partial charge in [0.1, 0.15) is 18.0 Å². The van der Waals surface area contributed by atoms with Gasteiger partial charge in [-0.1, -0.05) is 6.07 Å². The molecule has 0 aliphatic carbocycles. The number of anilines is 3. The average Bonchev–Trinajstić information content (AvgIpc) is 3.11. The third kappa shape index (κ3) is 3.25. The van der Waals surface area contributed by atoms with Crippen LogP contribution in [0.4, 0.5) is 17.3 Å². The lowest BCUT2D eigenvalue weighted by molar-refractivity contribution is 0.683. The summed E-state index contributed by atoms with van der Waals surface area (Å²) in [6.07, 6.45) is 2.68. The van der Waals surface area contributed by atoms with E-state index in [-0.39, 0.29) is 0 Å². The van der Waals surface area contributed by atoms with Crippen LogP contribution in [0.1, 0.15) is 12.0 Å². The first-order chi connectivity index (χ1) is 11.6. The van der Waals surface area contributed by atoms with Crippen LogP contribution in [0.2, 0.25) is 0 Å². The molecule has 0 spiro atoms. The van der Waals surface area contributed by atoms with Crippen molar-refractivity contribution >= 4 is 17.3 Å². The number of aromatic nitrogens is 2. The highest BCUT2D eigenvalue weighted by Gasteiger charge is 2.27. The third-order valence-corrected chi connectivity index (χ3v) is 4.51. The lowest BCUT2D eigenvalue weighted by atomic mass is 10.2. The first-order valence-corrected chi connectivity index (χ1v) is 8.06. The molecule has 1 aliphatic heterocycles. The molecular weight excluding hydrogens is 300 g/mol. The van der Waals surface area contributed by atoms with Crippen molar-refractivity contribution in [1.29, 1.82) is 5.26 Å². The van der Waals surface area contributed by atoms with Crippen LogP contribution in [0.5, 0.6) is 0 Å². The minimum absolute atomic E-state index is 0.389. The predicted molar refractivity (Wildman–Crippen MR) is 96.5 cm³/mol. The fourth-order valence-corrected chi connectivity index (χ4v) is 3.03. The fraction of sp³-hybridized carbons (Fsp3) is 0.389. The van der Waals surface area contributed by atoms with E-state index in [1.165, 1.54) is 0 Å². The number of hydrogen-bond acceptors (Lipinski definition) is 6. The highest BCUT2D eigenvalue weighted by atomic mass is 15.3. The summed E-state index contributed by atoms with van der Waals surface area (Å²) in [6.45, 7) is 1.90. The zero-order valence-electron chi connectivity index (χ0n) is 14.3. The molecule has 6 nitrogen and oxygen atoms in total. The Hall–Kier alpha value is -2.81. The molecule has 2 heterocycles. The van der Waals surface area contributed by atoms with Gasteiger partial charge in [0, 0.05) is 52.0 Å². The maximum Gasteiger partial charge on any atom is 0.134 e. The predicted octanol–water partition coefficient (Wildman–Crippen LogP) is 2.13. The molecule has 0 saturated carbocycles. The van der Waals surface area contributed by atoms with Crippen molar-refractivity contribution in [3.63, 3.8) is 0 Å². The van der Waals surface area contributed by atoms with E-state index in [9.17, 15) is 0 Å². The topological polar surface area (TPSA) is 59.3 Å². The lowest BCUT2D eigenvalue weighted by Gasteiger charge is -2.27. The van der Waals surface area contributed by atoms with E-state index < -0.39 is 0 Å². The van der Waals surface area contributed by atoms with Crippen molar-refractivity contribution in [1.82, 2.24) is 9.97 Å². The standard InChI is InChI=1S/C18H22N6/c1-22(2)17-10-18(21-13-20-17)23(3)16-7-8-24(12-16)15-6-4-5-14(9-15)11-19/h4-6,9-10,13,16H,7-8,12H2,1-3H3. The second-order valence-corrected chi connectivity index (χ2v) is 6.29. The van der Waals surface area contributed by atoms with Crippen LogP contribution in [0.15, 0.2) is 36.7 Å². The van der Waals surface area contributed by atoms with Crippen molar-refractivity contribution in [3.05, 3.63) is 42.2 Å². The van der Waals surface area contributed by atoms with E-state index in [4.69, 9.17) is 5.26 Å². The molecule has 1 saturated heterocycles. The molecule has 1 atom stereocenters. The summed E-state index contributed by atoms with van der Waals surface area (Å²) in [7, 11) is 6.04. The molecule has 1 fully saturated rings. The van der Waals surface area contributed by atoms with E-state index in [1.807, 2.05) is 43.3 Å². The molecule has 2 aromatic rings. The van der Waals surface area contributed by atoms with Crippen molar-refractivity contribution < 1.29 is 0 Å². The van der Waals surface area contributed by atoms with Crippen LogP contribution in [0, 0.1) is 11.3 Å². The summed E-state index contributed by atoms with van der Waals surface area (Å²) in [5, 5.41) is 9.07. The average molecular weight is 322 g/mol. The van der Waals surface area contributed by atoms with Crippen LogP contribution in [0.3, 0.4) is 0 Å². The number of rotatable bonds is 4. The molecule has 3 rings (SSSR count). The maximum atomic E-state index is 9.07. The first kappa shape index (κ1) is 16.1. The molecule has 0 radical (unpaired) electrons. The molecule has 1 unspecified atom stereocenters. The van der Waals surface area contributed by atoms with E-state index in [2.05, 4.69) is 39.0 Å². The summed E-state index contributed by atoms with van der Waals surface area (Å²) in [5.41, 5.74) is 1.82. The molecule has 6 heteroatoms. The Bertz CT molecular complexity index is 751. The molecule has 24 heavy (non-hydrogen) atoms. The Morgan fingerprint density at radius 3 is 2.71 bits per heavy atom. The van der Waals surface area contributed by atoms with Gasteiger partial charge in [0.25, 0.3) is 0 Å². The van der Waals surface area contributed by atoms with Crippen LogP contribution in [-0.4, -0.2) is 50.2 Å².